The molecule has 0 amide bonds. The Balaban J connectivity index is 3.58. The molecule has 0 aliphatic heterocycles. The number of rotatable bonds is 23. The number of unbranched alkanes of at least 4 members (excludes halogenated alkanes) is 7. The van der Waals surface area contributed by atoms with Crippen LogP contribution in [0.3, 0.4) is 0 Å². The Morgan fingerprint density at radius 3 is 2.09 bits per heavy atom. The average molecular weight is 504 g/mol. The summed E-state index contributed by atoms with van der Waals surface area (Å²) in [5.74, 6) is -0.409. The third kappa shape index (κ3) is 23.9. The molecule has 0 radical (unpaired) electrons. The molecule has 0 aliphatic rings. The van der Waals surface area contributed by atoms with Gasteiger partial charge >= 0.3 is 13.8 Å². The van der Waals surface area contributed by atoms with Gasteiger partial charge < -0.3 is 20.5 Å². The summed E-state index contributed by atoms with van der Waals surface area (Å²) in [7, 11) is -4.25. The smallest absolute Gasteiger partial charge is 0.463 e. The lowest BCUT2D eigenvalue weighted by Gasteiger charge is -2.15. The van der Waals surface area contributed by atoms with Crippen molar-refractivity contribution in [3.8, 4) is 0 Å². The fourth-order valence-electron chi connectivity index (χ4n) is 2.87. The lowest BCUT2D eigenvalue weighted by Crippen LogP contribution is -2.23. The molecule has 2 atom stereocenters. The van der Waals surface area contributed by atoms with E-state index in [0.717, 1.165) is 44.9 Å². The Morgan fingerprint density at radius 1 is 0.882 bits per heavy atom. The van der Waals surface area contributed by atoms with Crippen molar-refractivity contribution in [3.63, 3.8) is 0 Å². The van der Waals surface area contributed by atoms with E-state index in [9.17, 15) is 19.4 Å². The molecule has 0 aromatic heterocycles. The molecule has 9 heteroatoms. The monoisotopic (exact) mass is 503 g/mol. The van der Waals surface area contributed by atoms with Crippen molar-refractivity contribution in [3.05, 3.63) is 36.5 Å². The van der Waals surface area contributed by atoms with Gasteiger partial charge in [-0.15, -0.1) is 0 Å². The van der Waals surface area contributed by atoms with Crippen LogP contribution in [0.2, 0.25) is 0 Å². The first-order chi connectivity index (χ1) is 16.4. The zero-order chi connectivity index (χ0) is 25.3. The molecule has 0 rings (SSSR count). The van der Waals surface area contributed by atoms with E-state index >= 15 is 0 Å². The largest absolute Gasteiger partial charge is 0.472 e. The van der Waals surface area contributed by atoms with Crippen molar-refractivity contribution in [1.29, 1.82) is 0 Å². The molecule has 8 nitrogen and oxygen atoms in total. The lowest BCUT2D eigenvalue weighted by molar-refractivity contribution is -0.147. The second-order valence-corrected chi connectivity index (χ2v) is 9.51. The molecule has 0 saturated heterocycles. The van der Waals surface area contributed by atoms with Crippen molar-refractivity contribution in [2.24, 2.45) is 5.73 Å². The highest BCUT2D eigenvalue weighted by atomic mass is 31.2. The third-order valence-corrected chi connectivity index (χ3v) is 5.74. The molecule has 0 spiro atoms. The summed E-state index contributed by atoms with van der Waals surface area (Å²) in [5, 5.41) is 9.68. The number of hydrogen-bond donors (Lipinski definition) is 3. The predicted octanol–water partition coefficient (Wildman–Crippen LogP) is 5.35. The van der Waals surface area contributed by atoms with Crippen LogP contribution in [0, 0.1) is 0 Å². The molecule has 0 aromatic carbocycles. The zero-order valence-corrected chi connectivity index (χ0v) is 21.7. The van der Waals surface area contributed by atoms with E-state index in [0.29, 0.717) is 0 Å². The number of carbonyl (C=O) groups is 1. The summed E-state index contributed by atoms with van der Waals surface area (Å²) >= 11 is 0. The molecule has 0 aliphatic carbocycles. The maximum Gasteiger partial charge on any atom is 0.472 e. The number of hydrogen-bond acceptors (Lipinski definition) is 7. The SMILES string of the molecule is CCCCCC=CCC=CCC=CCCCCCCC(=O)OC[C@@H](O)COP(=O)(O)OCCN. The van der Waals surface area contributed by atoms with Crippen LogP contribution in [0.5, 0.6) is 0 Å². The highest BCUT2D eigenvalue weighted by Gasteiger charge is 2.22. The second-order valence-electron chi connectivity index (χ2n) is 8.06. The van der Waals surface area contributed by atoms with Gasteiger partial charge in [-0.2, -0.15) is 0 Å². The molecule has 34 heavy (non-hydrogen) atoms. The molecule has 0 saturated carbocycles. The van der Waals surface area contributed by atoms with Crippen molar-refractivity contribution < 1.29 is 33.1 Å². The number of aliphatic hydroxyl groups is 1. The Hall–Kier alpha value is -1.28. The maximum absolute atomic E-state index is 11.7. The van der Waals surface area contributed by atoms with Crippen LogP contribution in [-0.2, 0) is 23.1 Å². The van der Waals surface area contributed by atoms with Crippen LogP contribution in [-0.4, -0.2) is 48.4 Å². The number of phosphoric acid groups is 1. The highest BCUT2D eigenvalue weighted by molar-refractivity contribution is 7.47. The lowest BCUT2D eigenvalue weighted by atomic mass is 10.1. The standard InChI is InChI=1S/C25H46NO7P/c1-2-3-4-5-6-7-8-9-10-11-12-13-14-15-16-17-18-19-25(28)31-22-24(27)23-33-34(29,30)32-21-20-26/h6-7,9-10,12-13,24,27H,2-5,8,11,14-23,26H2,1H3,(H,29,30)/t24-/m1/s1. The van der Waals surface area contributed by atoms with Crippen molar-refractivity contribution in [2.75, 3.05) is 26.4 Å². The van der Waals surface area contributed by atoms with Crippen molar-refractivity contribution in [2.45, 2.75) is 90.1 Å². The minimum atomic E-state index is -4.25. The Kier molecular flexibility index (Phi) is 22.6. The van der Waals surface area contributed by atoms with Gasteiger partial charge in [-0.1, -0.05) is 69.1 Å². The summed E-state index contributed by atoms with van der Waals surface area (Å²) in [6, 6.07) is 0. The number of carbonyl (C=O) groups excluding carboxylic acids is 1. The van der Waals surface area contributed by atoms with Gasteiger partial charge in [-0.3, -0.25) is 13.8 Å². The first-order valence-electron chi connectivity index (χ1n) is 12.5. The number of esters is 1. The summed E-state index contributed by atoms with van der Waals surface area (Å²) in [5.41, 5.74) is 5.17. The van der Waals surface area contributed by atoms with Crippen LogP contribution in [0.25, 0.3) is 0 Å². The number of allylic oxidation sites excluding steroid dienone is 6. The van der Waals surface area contributed by atoms with E-state index in [4.69, 9.17) is 10.5 Å². The number of ether oxygens (including phenoxy) is 1. The molecule has 0 heterocycles. The minimum Gasteiger partial charge on any atom is -0.463 e. The summed E-state index contributed by atoms with van der Waals surface area (Å²) < 4.78 is 25.5. The van der Waals surface area contributed by atoms with E-state index in [1.54, 1.807) is 0 Å². The fraction of sp³-hybridized carbons (Fsp3) is 0.720. The molecule has 198 valence electrons. The third-order valence-electron chi connectivity index (χ3n) is 4.76. The van der Waals surface area contributed by atoms with Gasteiger partial charge in [0.15, 0.2) is 0 Å². The quantitative estimate of drug-likeness (QED) is 0.0736. The molecule has 1 unspecified atom stereocenters. The normalized spacial score (nSPS) is 14.8. The summed E-state index contributed by atoms with van der Waals surface area (Å²) in [6.07, 6.45) is 24.2. The van der Waals surface area contributed by atoms with E-state index in [-0.39, 0.29) is 26.2 Å². The van der Waals surface area contributed by atoms with E-state index < -0.39 is 26.5 Å². The second kappa shape index (κ2) is 23.5. The van der Waals surface area contributed by atoms with Gasteiger partial charge in [0.2, 0.25) is 0 Å². The molecule has 0 fully saturated rings. The van der Waals surface area contributed by atoms with Gasteiger partial charge in [0, 0.05) is 13.0 Å². The molecular weight excluding hydrogens is 457 g/mol. The van der Waals surface area contributed by atoms with E-state index in [1.165, 1.54) is 25.7 Å². The Labute approximate surface area is 205 Å². The average Bonchev–Trinajstić information content (AvgIpc) is 2.82. The van der Waals surface area contributed by atoms with Crippen LogP contribution in [0.1, 0.15) is 84.0 Å². The van der Waals surface area contributed by atoms with Gasteiger partial charge in [0.1, 0.15) is 12.7 Å². The molecule has 0 bridgehead atoms. The number of phosphoric ester groups is 1. The van der Waals surface area contributed by atoms with Crippen molar-refractivity contribution >= 4 is 13.8 Å². The van der Waals surface area contributed by atoms with E-state index in [2.05, 4.69) is 52.4 Å². The molecule has 4 N–H and O–H groups in total. The minimum absolute atomic E-state index is 0.0694. The summed E-state index contributed by atoms with van der Waals surface area (Å²) in [6.45, 7) is 1.37. The molecule has 0 aromatic rings. The van der Waals surface area contributed by atoms with Gasteiger partial charge in [0.05, 0.1) is 13.2 Å². The maximum atomic E-state index is 11.7. The van der Waals surface area contributed by atoms with Crippen LogP contribution >= 0.6 is 7.82 Å². The first-order valence-corrected chi connectivity index (χ1v) is 14.0. The zero-order valence-electron chi connectivity index (χ0n) is 20.8. The van der Waals surface area contributed by atoms with E-state index in [1.807, 2.05) is 0 Å². The Morgan fingerprint density at radius 2 is 1.47 bits per heavy atom. The van der Waals surface area contributed by atoms with Gasteiger partial charge in [-0.05, 0) is 44.9 Å². The molecular formula is C25H46NO7P. The number of aliphatic hydroxyl groups excluding tert-OH is 1. The summed E-state index contributed by atoms with van der Waals surface area (Å²) in [4.78, 5) is 21.0. The van der Waals surface area contributed by atoms with Crippen LogP contribution in [0.15, 0.2) is 36.5 Å². The first kappa shape index (κ1) is 32.7. The number of nitrogens with two attached hydrogens (primary N) is 1. The topological polar surface area (TPSA) is 128 Å². The Bertz CT molecular complexity index is 622. The fourth-order valence-corrected chi connectivity index (χ4v) is 3.64. The van der Waals surface area contributed by atoms with Crippen molar-refractivity contribution in [1.82, 2.24) is 0 Å². The van der Waals surface area contributed by atoms with Gasteiger partial charge in [-0.25, -0.2) is 4.57 Å². The predicted molar refractivity (Wildman–Crippen MR) is 136 cm³/mol. The van der Waals surface area contributed by atoms with Crippen LogP contribution in [0.4, 0.5) is 0 Å². The van der Waals surface area contributed by atoms with Crippen LogP contribution < -0.4 is 5.73 Å². The highest BCUT2D eigenvalue weighted by Crippen LogP contribution is 2.42. The van der Waals surface area contributed by atoms with Gasteiger partial charge in [0.25, 0.3) is 0 Å².